The third kappa shape index (κ3) is 3.86. The highest BCUT2D eigenvalue weighted by Gasteiger charge is 2.41. The number of carbonyl (C=O) groups excluding carboxylic acids is 1. The number of benzene rings is 1. The first-order valence-corrected chi connectivity index (χ1v) is 7.85. The van der Waals surface area contributed by atoms with Gasteiger partial charge in [0.1, 0.15) is 0 Å². The van der Waals surface area contributed by atoms with E-state index < -0.39 is 0 Å². The minimum absolute atomic E-state index is 0.0118. The zero-order valence-corrected chi connectivity index (χ0v) is 12.3. The largest absolute Gasteiger partial charge is 0.352 e. The molecule has 0 spiro atoms. The van der Waals surface area contributed by atoms with Crippen LogP contribution in [0.15, 0.2) is 24.3 Å². The highest BCUT2D eigenvalue weighted by Crippen LogP contribution is 2.48. The molecule has 110 valence electrons. The zero-order chi connectivity index (χ0) is 14.7. The lowest BCUT2D eigenvalue weighted by Crippen LogP contribution is -2.31. The number of nitrogens with two attached hydrogens (primary N) is 1. The van der Waals surface area contributed by atoms with Crippen LogP contribution in [0.5, 0.6) is 0 Å². The van der Waals surface area contributed by atoms with Gasteiger partial charge in [0.05, 0.1) is 6.54 Å². The van der Waals surface area contributed by atoms with Crippen LogP contribution in [-0.2, 0) is 0 Å². The maximum Gasteiger partial charge on any atom is 0.251 e. The maximum atomic E-state index is 12.3. The summed E-state index contributed by atoms with van der Waals surface area (Å²) < 4.78 is 0. The van der Waals surface area contributed by atoms with Crippen molar-refractivity contribution in [3.8, 4) is 11.8 Å². The average molecular weight is 282 g/mol. The number of nitrogens with one attached hydrogen (secondary N) is 1. The second-order valence-corrected chi connectivity index (χ2v) is 6.14. The molecule has 0 bridgehead atoms. The van der Waals surface area contributed by atoms with E-state index in [2.05, 4.69) is 17.2 Å². The number of amides is 1. The smallest absolute Gasteiger partial charge is 0.251 e. The number of hydrogen-bond donors (Lipinski definition) is 2. The first-order valence-electron chi connectivity index (χ1n) is 7.85. The van der Waals surface area contributed by atoms with E-state index in [0.29, 0.717) is 18.0 Å². The third-order valence-corrected chi connectivity index (χ3v) is 4.41. The molecule has 3 heteroatoms. The SMILES string of the molecule is NCC#Cc1cccc(C(=O)NCC(C2CC2)C2CC2)c1. The van der Waals surface area contributed by atoms with Gasteiger partial charge in [-0.05, 0) is 61.6 Å². The molecule has 1 aromatic rings. The monoisotopic (exact) mass is 282 g/mol. The summed E-state index contributed by atoms with van der Waals surface area (Å²) in [5.74, 6) is 8.22. The molecule has 0 aliphatic heterocycles. The van der Waals surface area contributed by atoms with Crippen molar-refractivity contribution in [1.29, 1.82) is 0 Å². The summed E-state index contributed by atoms with van der Waals surface area (Å²) in [4.78, 5) is 12.3. The fourth-order valence-corrected chi connectivity index (χ4v) is 2.97. The topological polar surface area (TPSA) is 55.1 Å². The number of hydrogen-bond acceptors (Lipinski definition) is 2. The lowest BCUT2D eigenvalue weighted by molar-refractivity contribution is 0.0943. The minimum Gasteiger partial charge on any atom is -0.352 e. The van der Waals surface area contributed by atoms with E-state index in [0.717, 1.165) is 23.9 Å². The van der Waals surface area contributed by atoms with Gasteiger partial charge in [0.2, 0.25) is 0 Å². The Bertz CT molecular complexity index is 564. The van der Waals surface area contributed by atoms with Crippen molar-refractivity contribution in [1.82, 2.24) is 5.32 Å². The highest BCUT2D eigenvalue weighted by atomic mass is 16.1. The van der Waals surface area contributed by atoms with Gasteiger partial charge in [0.25, 0.3) is 5.91 Å². The van der Waals surface area contributed by atoms with Crippen LogP contribution in [0.25, 0.3) is 0 Å². The molecule has 3 N–H and O–H groups in total. The average Bonchev–Trinajstić information content (AvgIpc) is 3.38. The van der Waals surface area contributed by atoms with E-state index in [1.54, 1.807) is 0 Å². The lowest BCUT2D eigenvalue weighted by atomic mass is 9.98. The molecule has 3 rings (SSSR count). The van der Waals surface area contributed by atoms with E-state index in [9.17, 15) is 4.79 Å². The minimum atomic E-state index is 0.0118. The Balaban J connectivity index is 1.59. The Hall–Kier alpha value is -1.79. The van der Waals surface area contributed by atoms with Gasteiger partial charge in [-0.3, -0.25) is 4.79 Å². The van der Waals surface area contributed by atoms with Gasteiger partial charge in [-0.25, -0.2) is 0 Å². The van der Waals surface area contributed by atoms with E-state index in [4.69, 9.17) is 5.73 Å². The van der Waals surface area contributed by atoms with E-state index in [1.807, 2.05) is 24.3 Å². The molecular formula is C18H22N2O. The first-order chi connectivity index (χ1) is 10.3. The Kier molecular flexibility index (Phi) is 4.26. The highest BCUT2D eigenvalue weighted by molar-refractivity contribution is 5.94. The fraction of sp³-hybridized carbons (Fsp3) is 0.500. The van der Waals surface area contributed by atoms with Gasteiger partial charge in [-0.15, -0.1) is 0 Å². The first kappa shape index (κ1) is 14.2. The molecule has 0 saturated heterocycles. The molecule has 21 heavy (non-hydrogen) atoms. The van der Waals surface area contributed by atoms with E-state index in [1.165, 1.54) is 25.7 Å². The molecule has 0 unspecified atom stereocenters. The molecule has 0 radical (unpaired) electrons. The standard InChI is InChI=1S/C18H22N2O/c19-10-2-4-13-3-1-5-16(11-13)18(21)20-12-17(14-6-7-14)15-8-9-15/h1,3,5,11,14-15,17H,6-10,12,19H2,(H,20,21). The quantitative estimate of drug-likeness (QED) is 0.813. The second kappa shape index (κ2) is 6.32. The molecule has 3 nitrogen and oxygen atoms in total. The predicted molar refractivity (Wildman–Crippen MR) is 83.6 cm³/mol. The van der Waals surface area contributed by atoms with Crippen LogP contribution in [0.4, 0.5) is 0 Å². The molecule has 1 amide bonds. The molecule has 1 aromatic carbocycles. The van der Waals surface area contributed by atoms with Gasteiger partial charge in [0.15, 0.2) is 0 Å². The van der Waals surface area contributed by atoms with Gasteiger partial charge in [0, 0.05) is 17.7 Å². The van der Waals surface area contributed by atoms with Crippen molar-refractivity contribution < 1.29 is 4.79 Å². The lowest BCUT2D eigenvalue weighted by Gasteiger charge is -2.16. The summed E-state index contributed by atoms with van der Waals surface area (Å²) in [5.41, 5.74) is 6.90. The van der Waals surface area contributed by atoms with E-state index in [-0.39, 0.29) is 5.91 Å². The normalized spacial score (nSPS) is 17.2. The molecule has 2 aliphatic carbocycles. The molecule has 0 atom stereocenters. The van der Waals surface area contributed by atoms with Gasteiger partial charge >= 0.3 is 0 Å². The Morgan fingerprint density at radius 1 is 1.29 bits per heavy atom. The second-order valence-electron chi connectivity index (χ2n) is 6.14. The third-order valence-electron chi connectivity index (χ3n) is 4.41. The van der Waals surface area contributed by atoms with Crippen molar-refractivity contribution in [2.45, 2.75) is 25.7 Å². The molecule has 2 fully saturated rings. The van der Waals surface area contributed by atoms with Crippen molar-refractivity contribution in [3.05, 3.63) is 35.4 Å². The fourth-order valence-electron chi connectivity index (χ4n) is 2.97. The number of rotatable bonds is 5. The van der Waals surface area contributed by atoms with E-state index >= 15 is 0 Å². The summed E-state index contributed by atoms with van der Waals surface area (Å²) in [6, 6.07) is 7.44. The summed E-state index contributed by atoms with van der Waals surface area (Å²) in [6.45, 7) is 1.16. The van der Waals surface area contributed by atoms with Crippen LogP contribution in [0.2, 0.25) is 0 Å². The molecule has 0 aromatic heterocycles. The van der Waals surface area contributed by atoms with Crippen molar-refractivity contribution in [3.63, 3.8) is 0 Å². The maximum absolute atomic E-state index is 12.3. The molecular weight excluding hydrogens is 260 g/mol. The summed E-state index contributed by atoms with van der Waals surface area (Å²) in [6.07, 6.45) is 5.39. The molecule has 0 heterocycles. The number of carbonyl (C=O) groups is 1. The Morgan fingerprint density at radius 3 is 2.62 bits per heavy atom. The van der Waals surface area contributed by atoms with Crippen LogP contribution in [0, 0.1) is 29.6 Å². The van der Waals surface area contributed by atoms with Crippen LogP contribution in [0.1, 0.15) is 41.6 Å². The van der Waals surface area contributed by atoms with Crippen LogP contribution in [-0.4, -0.2) is 19.0 Å². The summed E-state index contributed by atoms with van der Waals surface area (Å²) in [5, 5.41) is 3.11. The van der Waals surface area contributed by atoms with Crippen LogP contribution >= 0.6 is 0 Å². The van der Waals surface area contributed by atoms with Gasteiger partial charge in [-0.1, -0.05) is 17.9 Å². The van der Waals surface area contributed by atoms with Gasteiger partial charge < -0.3 is 11.1 Å². The Morgan fingerprint density at radius 2 is 2.00 bits per heavy atom. The van der Waals surface area contributed by atoms with Crippen LogP contribution in [0.3, 0.4) is 0 Å². The Labute approximate surface area is 126 Å². The van der Waals surface area contributed by atoms with Crippen molar-refractivity contribution in [2.24, 2.45) is 23.5 Å². The van der Waals surface area contributed by atoms with Crippen LogP contribution < -0.4 is 11.1 Å². The summed E-state index contributed by atoms with van der Waals surface area (Å²) in [7, 11) is 0. The van der Waals surface area contributed by atoms with Crippen molar-refractivity contribution >= 4 is 5.91 Å². The predicted octanol–water partition coefficient (Wildman–Crippen LogP) is 2.16. The van der Waals surface area contributed by atoms with Gasteiger partial charge in [-0.2, -0.15) is 0 Å². The summed E-state index contributed by atoms with van der Waals surface area (Å²) >= 11 is 0. The van der Waals surface area contributed by atoms with Crippen molar-refractivity contribution in [2.75, 3.05) is 13.1 Å². The zero-order valence-electron chi connectivity index (χ0n) is 12.3. The molecule has 2 saturated carbocycles. The molecule has 2 aliphatic rings.